The summed E-state index contributed by atoms with van der Waals surface area (Å²) in [4.78, 5) is 0. The molecule has 7 heteroatoms. The van der Waals surface area contributed by atoms with E-state index in [9.17, 15) is 13.5 Å². The largest absolute Gasteiger partial charge is 0.506 e. The first-order valence-electron chi connectivity index (χ1n) is 5.35. The van der Waals surface area contributed by atoms with Gasteiger partial charge in [-0.25, -0.2) is 8.42 Å². The number of phenolic OH excluding ortho intramolecular Hbond substituents is 1. The second-order valence-electron chi connectivity index (χ2n) is 3.65. The number of nitrogens with one attached hydrogen (secondary N) is 1. The van der Waals surface area contributed by atoms with Gasteiger partial charge in [-0.15, -0.1) is 0 Å². The summed E-state index contributed by atoms with van der Waals surface area (Å²) in [6.45, 7) is 0.366. The molecule has 1 rings (SSSR count). The van der Waals surface area contributed by atoms with E-state index in [-0.39, 0.29) is 17.2 Å². The van der Waals surface area contributed by atoms with Gasteiger partial charge in [-0.1, -0.05) is 0 Å². The van der Waals surface area contributed by atoms with Crippen LogP contribution in [0.1, 0.15) is 6.42 Å². The van der Waals surface area contributed by atoms with Crippen LogP contribution in [0.2, 0.25) is 0 Å². The van der Waals surface area contributed by atoms with Gasteiger partial charge in [0.15, 0.2) is 0 Å². The predicted octanol–water partition coefficient (Wildman–Crippen LogP) is 1.18. The van der Waals surface area contributed by atoms with Gasteiger partial charge in [-0.3, -0.25) is 4.72 Å². The molecule has 0 fully saturated rings. The highest BCUT2D eigenvalue weighted by atomic mass is 32.2. The molecule has 0 aliphatic carbocycles. The average molecular weight is 275 g/mol. The van der Waals surface area contributed by atoms with Gasteiger partial charge in [-0.05, 0) is 18.6 Å². The number of anilines is 1. The normalized spacial score (nSPS) is 11.2. The van der Waals surface area contributed by atoms with Gasteiger partial charge in [0.2, 0.25) is 10.0 Å². The Balaban J connectivity index is 2.76. The number of phenols is 1. The van der Waals surface area contributed by atoms with Crippen molar-refractivity contribution < 1.29 is 23.0 Å². The zero-order valence-corrected chi connectivity index (χ0v) is 11.2. The van der Waals surface area contributed by atoms with Crippen molar-refractivity contribution in [2.24, 2.45) is 0 Å². The zero-order valence-electron chi connectivity index (χ0n) is 10.3. The third-order valence-electron chi connectivity index (χ3n) is 2.23. The second kappa shape index (κ2) is 6.46. The van der Waals surface area contributed by atoms with E-state index in [1.54, 1.807) is 0 Å². The number of rotatable bonds is 7. The van der Waals surface area contributed by atoms with Crippen LogP contribution in [0.5, 0.6) is 11.5 Å². The molecule has 0 aromatic heterocycles. The number of ether oxygens (including phenoxy) is 2. The Morgan fingerprint density at radius 2 is 2.06 bits per heavy atom. The number of methoxy groups -OCH3 is 2. The lowest BCUT2D eigenvalue weighted by atomic mass is 10.3. The molecule has 0 saturated heterocycles. The molecule has 18 heavy (non-hydrogen) atoms. The van der Waals surface area contributed by atoms with Crippen LogP contribution in [0, 0.1) is 0 Å². The molecule has 102 valence electrons. The first-order valence-corrected chi connectivity index (χ1v) is 7.00. The first kappa shape index (κ1) is 14.6. The van der Waals surface area contributed by atoms with Crippen LogP contribution < -0.4 is 9.46 Å². The molecule has 0 atom stereocenters. The highest BCUT2D eigenvalue weighted by molar-refractivity contribution is 7.92. The summed E-state index contributed by atoms with van der Waals surface area (Å²) in [5, 5.41) is 9.56. The first-order chi connectivity index (χ1) is 8.48. The third-order valence-corrected chi connectivity index (χ3v) is 3.59. The molecule has 0 radical (unpaired) electrons. The van der Waals surface area contributed by atoms with Crippen LogP contribution in [0.3, 0.4) is 0 Å². The summed E-state index contributed by atoms with van der Waals surface area (Å²) in [7, 11) is -0.530. The minimum Gasteiger partial charge on any atom is -0.506 e. The molecule has 0 heterocycles. The van der Waals surface area contributed by atoms with Crippen LogP contribution >= 0.6 is 0 Å². The molecule has 2 N–H and O–H groups in total. The van der Waals surface area contributed by atoms with E-state index < -0.39 is 10.0 Å². The molecule has 0 unspecified atom stereocenters. The summed E-state index contributed by atoms with van der Waals surface area (Å²) in [5.41, 5.74) is 0.103. The van der Waals surface area contributed by atoms with E-state index in [0.29, 0.717) is 18.8 Å². The van der Waals surface area contributed by atoms with Gasteiger partial charge in [0, 0.05) is 19.8 Å². The molecule has 0 bridgehead atoms. The number of sulfonamides is 1. The number of hydrogen-bond donors (Lipinski definition) is 2. The Hall–Kier alpha value is -1.47. The van der Waals surface area contributed by atoms with Gasteiger partial charge in [0.1, 0.15) is 11.5 Å². The summed E-state index contributed by atoms with van der Waals surface area (Å²) in [6.07, 6.45) is 0.385. The van der Waals surface area contributed by atoms with Crippen molar-refractivity contribution in [3.05, 3.63) is 18.2 Å². The van der Waals surface area contributed by atoms with E-state index in [0.717, 1.165) is 0 Å². The Labute approximate surface area is 107 Å². The molecule has 1 aromatic rings. The molecule has 0 amide bonds. The summed E-state index contributed by atoms with van der Waals surface area (Å²) in [6, 6.07) is 4.33. The Bertz CT molecular complexity index is 486. The van der Waals surface area contributed by atoms with Gasteiger partial charge in [-0.2, -0.15) is 0 Å². The fourth-order valence-corrected chi connectivity index (χ4v) is 2.43. The summed E-state index contributed by atoms with van der Waals surface area (Å²) >= 11 is 0. The Kier molecular flexibility index (Phi) is 5.24. The van der Waals surface area contributed by atoms with Gasteiger partial charge < -0.3 is 14.6 Å². The van der Waals surface area contributed by atoms with Crippen molar-refractivity contribution in [2.75, 3.05) is 31.3 Å². The van der Waals surface area contributed by atoms with Crippen molar-refractivity contribution in [1.29, 1.82) is 0 Å². The summed E-state index contributed by atoms with van der Waals surface area (Å²) < 4.78 is 35.5. The van der Waals surface area contributed by atoms with Crippen LogP contribution in [-0.2, 0) is 14.8 Å². The minimum atomic E-state index is -3.50. The van der Waals surface area contributed by atoms with Crippen molar-refractivity contribution >= 4 is 15.7 Å². The smallest absolute Gasteiger partial charge is 0.232 e. The lowest BCUT2D eigenvalue weighted by Gasteiger charge is -2.10. The second-order valence-corrected chi connectivity index (χ2v) is 5.49. The molecule has 1 aromatic carbocycles. The molecule has 0 aliphatic rings. The maximum atomic E-state index is 11.7. The number of aromatic hydroxyl groups is 1. The quantitative estimate of drug-likeness (QED) is 0.576. The maximum absolute atomic E-state index is 11.7. The van der Waals surface area contributed by atoms with Crippen molar-refractivity contribution in [3.63, 3.8) is 0 Å². The molecule has 0 spiro atoms. The Morgan fingerprint density at radius 3 is 2.67 bits per heavy atom. The summed E-state index contributed by atoms with van der Waals surface area (Å²) in [5.74, 6) is 0.241. The molecular weight excluding hydrogens is 258 g/mol. The average Bonchev–Trinajstić information content (AvgIpc) is 2.32. The van der Waals surface area contributed by atoms with Gasteiger partial charge in [0.25, 0.3) is 0 Å². The third kappa shape index (κ3) is 4.42. The number of hydrogen-bond acceptors (Lipinski definition) is 5. The highest BCUT2D eigenvalue weighted by Crippen LogP contribution is 2.28. The molecule has 0 aliphatic heterocycles. The molecule has 0 saturated carbocycles. The van der Waals surface area contributed by atoms with Crippen LogP contribution in [0.15, 0.2) is 18.2 Å². The monoisotopic (exact) mass is 275 g/mol. The van der Waals surface area contributed by atoms with E-state index in [1.165, 1.54) is 32.4 Å². The van der Waals surface area contributed by atoms with E-state index in [2.05, 4.69) is 4.72 Å². The number of benzene rings is 1. The lowest BCUT2D eigenvalue weighted by molar-refractivity contribution is 0.199. The van der Waals surface area contributed by atoms with Crippen molar-refractivity contribution in [2.45, 2.75) is 6.42 Å². The van der Waals surface area contributed by atoms with E-state index >= 15 is 0 Å². The highest BCUT2D eigenvalue weighted by Gasteiger charge is 2.13. The zero-order chi connectivity index (χ0) is 13.6. The van der Waals surface area contributed by atoms with Crippen LogP contribution in [-0.4, -0.2) is 40.1 Å². The van der Waals surface area contributed by atoms with Crippen LogP contribution in [0.4, 0.5) is 5.69 Å². The Morgan fingerprint density at radius 1 is 1.33 bits per heavy atom. The van der Waals surface area contributed by atoms with E-state index in [1.807, 2.05) is 0 Å². The lowest BCUT2D eigenvalue weighted by Crippen LogP contribution is -2.17. The van der Waals surface area contributed by atoms with Crippen molar-refractivity contribution in [3.8, 4) is 11.5 Å². The standard InChI is InChI=1S/C11H17NO5S/c1-16-6-3-7-18(14,15)12-10-8-9(17-2)4-5-11(10)13/h4-5,8,12-13H,3,6-7H2,1-2H3. The SMILES string of the molecule is COCCCS(=O)(=O)Nc1cc(OC)ccc1O. The molecular formula is C11H17NO5S. The van der Waals surface area contributed by atoms with E-state index in [4.69, 9.17) is 9.47 Å². The maximum Gasteiger partial charge on any atom is 0.232 e. The van der Waals surface area contributed by atoms with Gasteiger partial charge in [0.05, 0.1) is 18.6 Å². The topological polar surface area (TPSA) is 84.9 Å². The fourth-order valence-electron chi connectivity index (χ4n) is 1.34. The van der Waals surface area contributed by atoms with Crippen molar-refractivity contribution in [1.82, 2.24) is 0 Å². The molecule has 6 nitrogen and oxygen atoms in total. The fraction of sp³-hybridized carbons (Fsp3) is 0.455. The van der Waals surface area contributed by atoms with Gasteiger partial charge >= 0.3 is 0 Å². The van der Waals surface area contributed by atoms with Crippen LogP contribution in [0.25, 0.3) is 0 Å². The minimum absolute atomic E-state index is 0.0719. The predicted molar refractivity (Wildman–Crippen MR) is 68.6 cm³/mol.